The summed E-state index contributed by atoms with van der Waals surface area (Å²) in [4.78, 5) is 15.9. The molecule has 0 bridgehead atoms. The molecule has 0 aromatic heterocycles. The molecule has 3 nitrogen and oxygen atoms in total. The van der Waals surface area contributed by atoms with Gasteiger partial charge in [-0.1, -0.05) is 0 Å². The third kappa shape index (κ3) is 3.05. The van der Waals surface area contributed by atoms with Gasteiger partial charge in [0.2, 0.25) is 5.91 Å². The van der Waals surface area contributed by atoms with Gasteiger partial charge in [0, 0.05) is 32.2 Å². The molecule has 16 heavy (non-hydrogen) atoms. The number of amides is 1. The Labute approximate surface area is 106 Å². The summed E-state index contributed by atoms with van der Waals surface area (Å²) in [5.41, 5.74) is 0. The number of halogens is 1. The number of hydrogen-bond acceptors (Lipinski definition) is 3. The Morgan fingerprint density at radius 2 is 1.81 bits per heavy atom. The highest BCUT2D eigenvalue weighted by molar-refractivity contribution is 7.99. The first-order valence-corrected chi connectivity index (χ1v) is 7.65. The van der Waals surface area contributed by atoms with E-state index in [1.165, 1.54) is 24.3 Å². The van der Waals surface area contributed by atoms with Crippen molar-refractivity contribution in [2.75, 3.05) is 43.6 Å². The van der Waals surface area contributed by atoms with Crippen LogP contribution in [0.15, 0.2) is 0 Å². The van der Waals surface area contributed by atoms with Crippen LogP contribution in [-0.4, -0.2) is 65.3 Å². The van der Waals surface area contributed by atoms with Crippen LogP contribution >= 0.6 is 23.4 Å². The molecule has 2 fully saturated rings. The smallest absolute Gasteiger partial charge is 0.237 e. The van der Waals surface area contributed by atoms with Crippen molar-refractivity contribution in [3.63, 3.8) is 0 Å². The summed E-state index contributed by atoms with van der Waals surface area (Å²) in [6, 6.07) is 0.759. The zero-order valence-electron chi connectivity index (χ0n) is 9.53. The van der Waals surface area contributed by atoms with Gasteiger partial charge in [-0.05, 0) is 24.3 Å². The van der Waals surface area contributed by atoms with Crippen LogP contribution < -0.4 is 0 Å². The Bertz CT molecular complexity index is 238. The maximum atomic E-state index is 11.4. The average Bonchev–Trinajstić information content (AvgIpc) is 2.39. The van der Waals surface area contributed by atoms with Crippen LogP contribution in [0.4, 0.5) is 0 Å². The van der Waals surface area contributed by atoms with Crippen molar-refractivity contribution in [2.24, 2.45) is 0 Å². The van der Waals surface area contributed by atoms with Gasteiger partial charge < -0.3 is 4.90 Å². The van der Waals surface area contributed by atoms with Crippen LogP contribution in [0.5, 0.6) is 0 Å². The van der Waals surface area contributed by atoms with Crippen molar-refractivity contribution in [2.45, 2.75) is 18.9 Å². The lowest BCUT2D eigenvalue weighted by Gasteiger charge is -2.40. The van der Waals surface area contributed by atoms with Crippen molar-refractivity contribution in [3.05, 3.63) is 0 Å². The molecule has 0 spiro atoms. The first kappa shape index (κ1) is 12.5. The fourth-order valence-corrected chi connectivity index (χ4v) is 3.72. The molecule has 0 N–H and O–H groups in total. The maximum absolute atomic E-state index is 11.4. The monoisotopic (exact) mass is 262 g/mol. The molecule has 0 unspecified atom stereocenters. The minimum atomic E-state index is 0.0838. The molecule has 92 valence electrons. The zero-order valence-corrected chi connectivity index (χ0v) is 11.1. The van der Waals surface area contributed by atoms with Gasteiger partial charge in [-0.3, -0.25) is 9.69 Å². The highest BCUT2D eigenvalue weighted by Crippen LogP contribution is 2.22. The first-order chi connectivity index (χ1) is 7.81. The third-order valence-corrected chi connectivity index (χ3v) is 4.77. The Morgan fingerprint density at radius 3 is 2.38 bits per heavy atom. The standard InChI is InChI=1S/C11H19ClN2OS/c12-9-11(15)14-5-3-13(4-6-14)10-1-7-16-8-2-10/h10H,1-9H2. The summed E-state index contributed by atoms with van der Waals surface area (Å²) in [5.74, 6) is 2.80. The number of alkyl halides is 1. The Kier molecular flexibility index (Phi) is 4.79. The predicted octanol–water partition coefficient (Wildman–Crippen LogP) is 1.26. The van der Waals surface area contributed by atoms with Crippen LogP contribution in [0, 0.1) is 0 Å². The Hall–Kier alpha value is 0.0700. The number of thioether (sulfide) groups is 1. The van der Waals surface area contributed by atoms with Gasteiger partial charge in [0.15, 0.2) is 0 Å². The molecule has 2 heterocycles. The van der Waals surface area contributed by atoms with E-state index >= 15 is 0 Å². The second-order valence-corrected chi connectivity index (χ2v) is 5.89. The van der Waals surface area contributed by atoms with E-state index in [0.717, 1.165) is 32.2 Å². The zero-order chi connectivity index (χ0) is 11.4. The summed E-state index contributed by atoms with van der Waals surface area (Å²) in [5, 5.41) is 0. The van der Waals surface area contributed by atoms with Gasteiger partial charge in [0.05, 0.1) is 0 Å². The molecule has 0 radical (unpaired) electrons. The fourth-order valence-electron chi connectivity index (χ4n) is 2.47. The Balaban J connectivity index is 1.78. The normalized spacial score (nSPS) is 24.7. The first-order valence-electron chi connectivity index (χ1n) is 5.97. The predicted molar refractivity (Wildman–Crippen MR) is 69.2 cm³/mol. The minimum Gasteiger partial charge on any atom is -0.339 e. The SMILES string of the molecule is O=C(CCl)N1CCN(C2CCSCC2)CC1. The van der Waals surface area contributed by atoms with E-state index in [1.54, 1.807) is 0 Å². The number of rotatable bonds is 2. The molecular weight excluding hydrogens is 244 g/mol. The largest absolute Gasteiger partial charge is 0.339 e. The highest BCUT2D eigenvalue weighted by atomic mass is 35.5. The summed E-state index contributed by atoms with van der Waals surface area (Å²) < 4.78 is 0. The molecule has 0 aromatic carbocycles. The van der Waals surface area contributed by atoms with Crippen LogP contribution in [0.25, 0.3) is 0 Å². The second-order valence-electron chi connectivity index (χ2n) is 4.39. The van der Waals surface area contributed by atoms with E-state index in [0.29, 0.717) is 0 Å². The fraction of sp³-hybridized carbons (Fsp3) is 0.909. The summed E-state index contributed by atoms with van der Waals surface area (Å²) in [6.07, 6.45) is 2.63. The van der Waals surface area contributed by atoms with E-state index in [1.807, 2.05) is 4.90 Å². The van der Waals surface area contributed by atoms with Crippen LogP contribution in [0.3, 0.4) is 0 Å². The Morgan fingerprint density at radius 1 is 1.19 bits per heavy atom. The van der Waals surface area contributed by atoms with E-state index in [-0.39, 0.29) is 11.8 Å². The minimum absolute atomic E-state index is 0.0838. The second kappa shape index (κ2) is 6.12. The molecule has 5 heteroatoms. The van der Waals surface area contributed by atoms with Crippen LogP contribution in [0.2, 0.25) is 0 Å². The molecule has 2 saturated heterocycles. The van der Waals surface area contributed by atoms with Gasteiger partial charge in [-0.2, -0.15) is 11.8 Å². The average molecular weight is 263 g/mol. The highest BCUT2D eigenvalue weighted by Gasteiger charge is 2.26. The van der Waals surface area contributed by atoms with Gasteiger partial charge in [-0.25, -0.2) is 0 Å². The van der Waals surface area contributed by atoms with Gasteiger partial charge in [0.25, 0.3) is 0 Å². The quantitative estimate of drug-likeness (QED) is 0.701. The lowest BCUT2D eigenvalue weighted by Crippen LogP contribution is -2.52. The maximum Gasteiger partial charge on any atom is 0.237 e. The van der Waals surface area contributed by atoms with E-state index in [4.69, 9.17) is 11.6 Å². The van der Waals surface area contributed by atoms with E-state index in [9.17, 15) is 4.79 Å². The molecular formula is C11H19ClN2OS. The molecule has 1 amide bonds. The van der Waals surface area contributed by atoms with Crippen LogP contribution in [-0.2, 0) is 4.79 Å². The molecule has 0 atom stereocenters. The molecule has 0 saturated carbocycles. The van der Waals surface area contributed by atoms with Crippen molar-refractivity contribution in [1.29, 1.82) is 0 Å². The van der Waals surface area contributed by atoms with Crippen molar-refractivity contribution < 1.29 is 4.79 Å². The molecule has 0 aliphatic carbocycles. The topological polar surface area (TPSA) is 23.6 Å². The van der Waals surface area contributed by atoms with Crippen molar-refractivity contribution in [1.82, 2.24) is 9.80 Å². The van der Waals surface area contributed by atoms with Gasteiger partial charge in [-0.15, -0.1) is 11.6 Å². The summed E-state index contributed by atoms with van der Waals surface area (Å²) >= 11 is 7.63. The number of carbonyl (C=O) groups excluding carboxylic acids is 1. The molecule has 2 rings (SSSR count). The number of carbonyl (C=O) groups is 1. The van der Waals surface area contributed by atoms with E-state index in [2.05, 4.69) is 16.7 Å². The summed E-state index contributed by atoms with van der Waals surface area (Å²) in [6.45, 7) is 3.76. The number of piperazine rings is 1. The van der Waals surface area contributed by atoms with Crippen LogP contribution in [0.1, 0.15) is 12.8 Å². The lowest BCUT2D eigenvalue weighted by atomic mass is 10.1. The third-order valence-electron chi connectivity index (χ3n) is 3.49. The number of nitrogens with zero attached hydrogens (tertiary/aromatic N) is 2. The van der Waals surface area contributed by atoms with Crippen molar-refractivity contribution in [3.8, 4) is 0 Å². The van der Waals surface area contributed by atoms with Gasteiger partial charge in [0.1, 0.15) is 5.88 Å². The molecule has 2 aliphatic heterocycles. The van der Waals surface area contributed by atoms with Gasteiger partial charge >= 0.3 is 0 Å². The molecule has 2 aliphatic rings. The molecule has 0 aromatic rings. The number of hydrogen-bond donors (Lipinski definition) is 0. The van der Waals surface area contributed by atoms with E-state index < -0.39 is 0 Å². The summed E-state index contributed by atoms with van der Waals surface area (Å²) in [7, 11) is 0. The lowest BCUT2D eigenvalue weighted by molar-refractivity contribution is -0.130. The van der Waals surface area contributed by atoms with Crippen molar-refractivity contribution >= 4 is 29.3 Å².